The minimum atomic E-state index is 0.482. The molecular weight excluding hydrogens is 251 g/mol. The van der Waals surface area contributed by atoms with Gasteiger partial charge in [-0.1, -0.05) is 12.1 Å². The minimum absolute atomic E-state index is 0.482. The number of nitrogens with zero attached hydrogens (tertiary/aromatic N) is 2. The van der Waals surface area contributed by atoms with E-state index in [9.17, 15) is 4.79 Å². The van der Waals surface area contributed by atoms with Gasteiger partial charge in [0.1, 0.15) is 25.2 Å². The molecule has 0 aliphatic heterocycles. The molecule has 2 aromatic carbocycles. The Bertz CT molecular complexity index is 845. The molecule has 0 atom stereocenters. The molecule has 20 heavy (non-hydrogen) atoms. The number of nitriles is 1. The maximum Gasteiger partial charge on any atom is 0.227 e. The van der Waals surface area contributed by atoms with Crippen LogP contribution < -0.4 is 5.46 Å². The van der Waals surface area contributed by atoms with Gasteiger partial charge in [-0.05, 0) is 29.7 Å². The van der Waals surface area contributed by atoms with Gasteiger partial charge in [0.05, 0.1) is 11.6 Å². The van der Waals surface area contributed by atoms with Crippen molar-refractivity contribution in [2.75, 3.05) is 0 Å². The summed E-state index contributed by atoms with van der Waals surface area (Å²) in [4.78, 5) is 15.0. The number of hydrogen-bond donors (Lipinski definition) is 0. The quantitative estimate of drug-likeness (QED) is 0.516. The lowest BCUT2D eigenvalue weighted by Gasteiger charge is -1.95. The molecule has 3 rings (SSSR count). The van der Waals surface area contributed by atoms with Crippen molar-refractivity contribution in [1.29, 1.82) is 5.26 Å². The lowest BCUT2D eigenvalue weighted by atomic mass is 9.93. The van der Waals surface area contributed by atoms with Crippen molar-refractivity contribution in [2.24, 2.45) is 0 Å². The van der Waals surface area contributed by atoms with Crippen molar-refractivity contribution in [2.45, 2.75) is 0 Å². The summed E-state index contributed by atoms with van der Waals surface area (Å²) in [6, 6.07) is 12.6. The van der Waals surface area contributed by atoms with Crippen molar-refractivity contribution in [3.63, 3.8) is 0 Å². The molecule has 5 heteroatoms. The van der Waals surface area contributed by atoms with Crippen molar-refractivity contribution < 1.29 is 9.21 Å². The zero-order valence-electron chi connectivity index (χ0n) is 10.8. The zero-order chi connectivity index (χ0) is 14.1. The van der Waals surface area contributed by atoms with Gasteiger partial charge in [0.25, 0.3) is 0 Å². The Kier molecular flexibility index (Phi) is 2.84. The van der Waals surface area contributed by atoms with Gasteiger partial charge in [0, 0.05) is 11.1 Å². The van der Waals surface area contributed by atoms with E-state index in [1.807, 2.05) is 7.85 Å². The van der Waals surface area contributed by atoms with E-state index in [0.29, 0.717) is 28.1 Å². The number of oxazole rings is 1. The van der Waals surface area contributed by atoms with Gasteiger partial charge >= 0.3 is 0 Å². The van der Waals surface area contributed by atoms with Gasteiger partial charge in [-0.3, -0.25) is 4.79 Å². The summed E-state index contributed by atoms with van der Waals surface area (Å²) < 4.78 is 5.75. The van der Waals surface area contributed by atoms with Gasteiger partial charge in [0.2, 0.25) is 5.89 Å². The first-order valence-electron chi connectivity index (χ1n) is 6.08. The van der Waals surface area contributed by atoms with Crippen molar-refractivity contribution in [1.82, 2.24) is 4.98 Å². The average molecular weight is 260 g/mol. The Morgan fingerprint density at radius 2 is 2.00 bits per heavy atom. The average Bonchev–Trinajstić information content (AvgIpc) is 2.92. The number of hydrogen-bond acceptors (Lipinski definition) is 4. The zero-order valence-corrected chi connectivity index (χ0v) is 10.8. The number of aldehydes is 1. The smallest absolute Gasteiger partial charge is 0.227 e. The maximum absolute atomic E-state index is 10.6. The summed E-state index contributed by atoms with van der Waals surface area (Å²) in [5.41, 5.74) is 4.18. The highest BCUT2D eigenvalue weighted by Crippen LogP contribution is 2.23. The molecule has 0 radical (unpaired) electrons. The third kappa shape index (κ3) is 1.97. The fourth-order valence-electron chi connectivity index (χ4n) is 2.09. The molecular formula is C15H9BN2O2. The summed E-state index contributed by atoms with van der Waals surface area (Å²) in [7, 11) is 1.88. The van der Waals surface area contributed by atoms with E-state index < -0.39 is 0 Å². The molecule has 3 aromatic rings. The summed E-state index contributed by atoms with van der Waals surface area (Å²) in [5, 5.41) is 8.96. The van der Waals surface area contributed by atoms with E-state index in [1.54, 1.807) is 36.4 Å². The van der Waals surface area contributed by atoms with E-state index in [-0.39, 0.29) is 0 Å². The molecule has 1 heterocycles. The van der Waals surface area contributed by atoms with Gasteiger partial charge < -0.3 is 4.42 Å². The molecule has 0 unspecified atom stereocenters. The van der Waals surface area contributed by atoms with E-state index in [0.717, 1.165) is 17.3 Å². The molecule has 94 valence electrons. The topological polar surface area (TPSA) is 66.9 Å². The Morgan fingerprint density at radius 3 is 2.65 bits per heavy atom. The second-order valence-corrected chi connectivity index (χ2v) is 4.51. The number of benzene rings is 2. The summed E-state index contributed by atoms with van der Waals surface area (Å²) in [6.07, 6.45) is 0.791. The molecule has 0 saturated heterocycles. The number of carbonyl (C=O) groups excluding carboxylic acids is 1. The van der Waals surface area contributed by atoms with Gasteiger partial charge in [-0.2, -0.15) is 5.26 Å². The van der Waals surface area contributed by atoms with Crippen LogP contribution in [0.4, 0.5) is 0 Å². The molecule has 0 fully saturated rings. The van der Waals surface area contributed by atoms with Crippen LogP contribution >= 0.6 is 0 Å². The van der Waals surface area contributed by atoms with E-state index in [2.05, 4.69) is 11.1 Å². The lowest BCUT2D eigenvalue weighted by molar-refractivity contribution is 0.112. The van der Waals surface area contributed by atoms with E-state index >= 15 is 0 Å². The van der Waals surface area contributed by atoms with E-state index in [4.69, 9.17) is 9.68 Å². The van der Waals surface area contributed by atoms with Crippen LogP contribution in [0.1, 0.15) is 15.9 Å². The Morgan fingerprint density at radius 1 is 1.25 bits per heavy atom. The second-order valence-electron chi connectivity index (χ2n) is 4.51. The van der Waals surface area contributed by atoms with Crippen molar-refractivity contribution in [3.05, 3.63) is 47.5 Å². The molecule has 0 amide bonds. The number of rotatable bonds is 2. The highest BCUT2D eigenvalue weighted by Gasteiger charge is 2.11. The first kappa shape index (κ1) is 12.2. The number of carbonyl (C=O) groups is 1. The van der Waals surface area contributed by atoms with Crippen LogP contribution in [0.2, 0.25) is 0 Å². The Hall–Kier alpha value is -2.87. The second kappa shape index (κ2) is 4.67. The molecule has 0 N–H and O–H groups in total. The Balaban J connectivity index is 2.15. The third-order valence-electron chi connectivity index (χ3n) is 3.10. The van der Waals surface area contributed by atoms with Crippen molar-refractivity contribution in [3.8, 4) is 17.5 Å². The predicted octanol–water partition coefficient (Wildman–Crippen LogP) is 1.44. The molecule has 0 saturated carbocycles. The minimum Gasteiger partial charge on any atom is -0.437 e. The molecule has 1 aromatic heterocycles. The number of fused-ring (bicyclic) bond motifs is 1. The summed E-state index contributed by atoms with van der Waals surface area (Å²) >= 11 is 0. The normalized spacial score (nSPS) is 10.3. The first-order chi connectivity index (χ1) is 9.71. The summed E-state index contributed by atoms with van der Waals surface area (Å²) in [5.74, 6) is 0.482. The SMILES string of the molecule is Bc1cc(C#N)cc2nc(-c3ccc(C=O)cc3)oc12. The van der Waals surface area contributed by atoms with Crippen LogP contribution in [0.3, 0.4) is 0 Å². The molecule has 0 aliphatic rings. The largest absolute Gasteiger partial charge is 0.437 e. The molecule has 0 spiro atoms. The maximum atomic E-state index is 10.6. The van der Waals surface area contributed by atoms with Crippen LogP contribution in [0.25, 0.3) is 22.6 Å². The van der Waals surface area contributed by atoms with Crippen LogP contribution in [-0.4, -0.2) is 19.1 Å². The first-order valence-corrected chi connectivity index (χ1v) is 6.08. The predicted molar refractivity (Wildman–Crippen MR) is 77.7 cm³/mol. The lowest BCUT2D eigenvalue weighted by Crippen LogP contribution is -2.03. The summed E-state index contributed by atoms with van der Waals surface area (Å²) in [6.45, 7) is 0. The van der Waals surface area contributed by atoms with Gasteiger partial charge in [0.15, 0.2) is 0 Å². The van der Waals surface area contributed by atoms with Crippen LogP contribution in [0, 0.1) is 11.3 Å². The molecule has 4 nitrogen and oxygen atoms in total. The molecule has 0 aliphatic carbocycles. The van der Waals surface area contributed by atoms with Gasteiger partial charge in [-0.25, -0.2) is 4.98 Å². The molecule has 0 bridgehead atoms. The van der Waals surface area contributed by atoms with Gasteiger partial charge in [-0.15, -0.1) is 0 Å². The van der Waals surface area contributed by atoms with Crippen LogP contribution in [0.15, 0.2) is 40.8 Å². The Labute approximate surface area is 116 Å². The number of aromatic nitrogens is 1. The highest BCUT2D eigenvalue weighted by molar-refractivity contribution is 6.37. The van der Waals surface area contributed by atoms with Crippen LogP contribution in [-0.2, 0) is 0 Å². The fraction of sp³-hybridized carbons (Fsp3) is 0. The van der Waals surface area contributed by atoms with E-state index in [1.165, 1.54) is 0 Å². The third-order valence-corrected chi connectivity index (χ3v) is 3.10. The van der Waals surface area contributed by atoms with Crippen LogP contribution in [0.5, 0.6) is 0 Å². The standard InChI is InChI=1S/C15H9BN2O2/c16-12-5-10(7-17)6-13-14(12)20-15(18-13)11-3-1-9(8-19)2-4-11/h1-6,8H,16H2. The van der Waals surface area contributed by atoms with Crippen molar-refractivity contribution >= 4 is 30.7 Å². The highest BCUT2D eigenvalue weighted by atomic mass is 16.3. The monoisotopic (exact) mass is 260 g/mol. The fourth-order valence-corrected chi connectivity index (χ4v) is 2.09.